The monoisotopic (exact) mass is 381 g/mol. The number of nitrogens with one attached hydrogen (secondary N) is 2. The summed E-state index contributed by atoms with van der Waals surface area (Å²) in [5.41, 5.74) is 1.59. The van der Waals surface area contributed by atoms with Crippen LogP contribution in [-0.2, 0) is 6.54 Å². The maximum atomic E-state index is 12.5. The van der Waals surface area contributed by atoms with Crippen molar-refractivity contribution < 1.29 is 14.1 Å². The van der Waals surface area contributed by atoms with Crippen LogP contribution in [-0.4, -0.2) is 46.3 Å². The largest absolute Gasteiger partial charge is 0.497 e. The Balaban J connectivity index is 1.33. The zero-order valence-corrected chi connectivity index (χ0v) is 15.7. The number of urea groups is 1. The predicted molar refractivity (Wildman–Crippen MR) is 103 cm³/mol. The minimum Gasteiger partial charge on any atom is -0.497 e. The quantitative estimate of drug-likeness (QED) is 0.708. The van der Waals surface area contributed by atoms with Gasteiger partial charge in [-0.25, -0.2) is 9.78 Å². The second kappa shape index (κ2) is 8.16. The molecule has 1 fully saturated rings. The van der Waals surface area contributed by atoms with Gasteiger partial charge >= 0.3 is 6.03 Å². The minimum absolute atomic E-state index is 0.0924. The first-order chi connectivity index (χ1) is 13.7. The lowest BCUT2D eigenvalue weighted by Gasteiger charge is -2.31. The van der Waals surface area contributed by atoms with Gasteiger partial charge < -0.3 is 24.5 Å². The number of likely N-dealkylation sites (tertiary alicyclic amines) is 1. The van der Waals surface area contributed by atoms with Crippen LogP contribution < -0.4 is 10.1 Å². The Kier molecular flexibility index (Phi) is 5.27. The van der Waals surface area contributed by atoms with Gasteiger partial charge in [-0.05, 0) is 37.1 Å². The molecule has 8 nitrogen and oxygen atoms in total. The number of amides is 2. The van der Waals surface area contributed by atoms with Gasteiger partial charge in [0.15, 0.2) is 5.76 Å². The van der Waals surface area contributed by atoms with Crippen LogP contribution in [0, 0.1) is 0 Å². The van der Waals surface area contributed by atoms with E-state index in [9.17, 15) is 4.79 Å². The van der Waals surface area contributed by atoms with Crippen molar-refractivity contribution in [1.82, 2.24) is 25.3 Å². The summed E-state index contributed by atoms with van der Waals surface area (Å²) in [5, 5.41) is 6.98. The van der Waals surface area contributed by atoms with E-state index in [4.69, 9.17) is 9.26 Å². The molecule has 8 heteroatoms. The molecule has 3 aromatic rings. The number of nitrogens with zero attached hydrogens (tertiary/aromatic N) is 3. The average molecular weight is 381 g/mol. The number of piperidine rings is 1. The lowest BCUT2D eigenvalue weighted by Crippen LogP contribution is -2.44. The van der Waals surface area contributed by atoms with E-state index in [-0.39, 0.29) is 11.9 Å². The van der Waals surface area contributed by atoms with E-state index in [2.05, 4.69) is 20.4 Å². The minimum atomic E-state index is -0.0924. The van der Waals surface area contributed by atoms with Crippen molar-refractivity contribution in [1.29, 1.82) is 0 Å². The molecule has 2 N–H and O–H groups in total. The van der Waals surface area contributed by atoms with Crippen LogP contribution in [0.1, 0.15) is 30.3 Å². The smallest absolute Gasteiger partial charge is 0.317 e. The zero-order valence-electron chi connectivity index (χ0n) is 15.7. The van der Waals surface area contributed by atoms with Crippen molar-refractivity contribution in [2.75, 3.05) is 20.2 Å². The molecular formula is C20H23N5O3. The first-order valence-electron chi connectivity index (χ1n) is 9.35. The molecule has 0 bridgehead atoms. The van der Waals surface area contributed by atoms with Gasteiger partial charge in [0.1, 0.15) is 17.3 Å². The molecular weight excluding hydrogens is 358 g/mol. The molecule has 0 spiro atoms. The number of benzene rings is 1. The molecule has 0 unspecified atom stereocenters. The van der Waals surface area contributed by atoms with Crippen molar-refractivity contribution in [3.63, 3.8) is 0 Å². The summed E-state index contributed by atoms with van der Waals surface area (Å²) < 4.78 is 10.6. The summed E-state index contributed by atoms with van der Waals surface area (Å²) in [6.07, 6.45) is 5.56. The molecule has 2 amide bonds. The van der Waals surface area contributed by atoms with Gasteiger partial charge in [0.25, 0.3) is 0 Å². The number of carbonyl (C=O) groups excluding carboxylic acids is 1. The van der Waals surface area contributed by atoms with E-state index in [0.29, 0.717) is 24.5 Å². The molecule has 28 heavy (non-hydrogen) atoms. The maximum absolute atomic E-state index is 12.5. The highest BCUT2D eigenvalue weighted by atomic mass is 16.5. The van der Waals surface area contributed by atoms with Crippen LogP contribution in [0.2, 0.25) is 0 Å². The number of hydrogen-bond acceptors (Lipinski definition) is 5. The molecule has 1 saturated heterocycles. The van der Waals surface area contributed by atoms with Crippen LogP contribution in [0.3, 0.4) is 0 Å². The summed E-state index contributed by atoms with van der Waals surface area (Å²) in [5.74, 6) is 2.63. The van der Waals surface area contributed by atoms with Crippen molar-refractivity contribution in [3.05, 3.63) is 54.2 Å². The standard InChI is InChI=1S/C20H23N5O3/c1-27-17-6-4-14(5-7-17)18-11-16(24-28-18)12-23-20(26)25-10-2-3-15(13-25)19-21-8-9-22-19/h4-9,11,15H,2-3,10,12-13H2,1H3,(H,21,22)(H,23,26)/t15-/m0/s1. The molecule has 3 heterocycles. The number of methoxy groups -OCH3 is 1. The third-order valence-corrected chi connectivity index (χ3v) is 4.97. The Morgan fingerprint density at radius 1 is 1.39 bits per heavy atom. The number of ether oxygens (including phenoxy) is 1. The number of aromatic amines is 1. The lowest BCUT2D eigenvalue weighted by atomic mass is 9.98. The van der Waals surface area contributed by atoms with E-state index in [1.165, 1.54) is 0 Å². The third kappa shape index (κ3) is 4.00. The normalized spacial score (nSPS) is 16.8. The average Bonchev–Trinajstić information content (AvgIpc) is 3.44. The Morgan fingerprint density at radius 2 is 2.25 bits per heavy atom. The van der Waals surface area contributed by atoms with Crippen LogP contribution in [0.5, 0.6) is 5.75 Å². The number of carbonyl (C=O) groups is 1. The zero-order chi connectivity index (χ0) is 19.3. The summed E-state index contributed by atoms with van der Waals surface area (Å²) in [7, 11) is 1.63. The number of hydrogen-bond donors (Lipinski definition) is 2. The van der Waals surface area contributed by atoms with Gasteiger partial charge in [-0.15, -0.1) is 0 Å². The fourth-order valence-corrected chi connectivity index (χ4v) is 3.45. The number of imidazole rings is 1. The molecule has 4 rings (SSSR count). The first kappa shape index (κ1) is 18.1. The number of H-pyrrole nitrogens is 1. The van der Waals surface area contributed by atoms with E-state index >= 15 is 0 Å². The van der Waals surface area contributed by atoms with Crippen molar-refractivity contribution in [3.8, 4) is 17.1 Å². The molecule has 1 atom stereocenters. The molecule has 146 valence electrons. The maximum Gasteiger partial charge on any atom is 0.317 e. The topological polar surface area (TPSA) is 96.3 Å². The van der Waals surface area contributed by atoms with Crippen LogP contribution in [0.25, 0.3) is 11.3 Å². The highest BCUT2D eigenvalue weighted by molar-refractivity contribution is 5.74. The molecule has 1 aliphatic heterocycles. The highest BCUT2D eigenvalue weighted by Crippen LogP contribution is 2.25. The molecule has 2 aromatic heterocycles. The molecule has 1 aromatic carbocycles. The highest BCUT2D eigenvalue weighted by Gasteiger charge is 2.26. The van der Waals surface area contributed by atoms with E-state index < -0.39 is 0 Å². The summed E-state index contributed by atoms with van der Waals surface area (Å²) in [6, 6.07) is 9.29. The second-order valence-corrected chi connectivity index (χ2v) is 6.83. The second-order valence-electron chi connectivity index (χ2n) is 6.83. The fraction of sp³-hybridized carbons (Fsp3) is 0.350. The molecule has 1 aliphatic rings. The van der Waals surface area contributed by atoms with E-state index in [0.717, 1.165) is 36.5 Å². The Bertz CT molecular complexity index is 904. The van der Waals surface area contributed by atoms with Gasteiger partial charge in [0.05, 0.1) is 13.7 Å². The third-order valence-electron chi connectivity index (χ3n) is 4.97. The van der Waals surface area contributed by atoms with Crippen LogP contribution in [0.4, 0.5) is 4.79 Å². The molecule has 0 saturated carbocycles. The summed E-state index contributed by atoms with van der Waals surface area (Å²) in [6.45, 7) is 1.73. The Labute approximate surface area is 162 Å². The van der Waals surface area contributed by atoms with Crippen molar-refractivity contribution in [2.24, 2.45) is 0 Å². The fourth-order valence-electron chi connectivity index (χ4n) is 3.45. The predicted octanol–water partition coefficient (Wildman–Crippen LogP) is 3.16. The van der Waals surface area contributed by atoms with Gasteiger partial charge in [-0.3, -0.25) is 0 Å². The Hall–Kier alpha value is -3.29. The van der Waals surface area contributed by atoms with E-state index in [1.54, 1.807) is 13.3 Å². The first-order valence-corrected chi connectivity index (χ1v) is 9.35. The SMILES string of the molecule is COc1ccc(-c2cc(CNC(=O)N3CCC[C@H](c4ncc[nH]4)C3)no2)cc1. The lowest BCUT2D eigenvalue weighted by molar-refractivity contribution is 0.178. The molecule has 0 aliphatic carbocycles. The van der Waals surface area contributed by atoms with Crippen LogP contribution >= 0.6 is 0 Å². The van der Waals surface area contributed by atoms with Crippen LogP contribution in [0.15, 0.2) is 47.2 Å². The van der Waals surface area contributed by atoms with Gasteiger partial charge in [-0.1, -0.05) is 5.16 Å². The van der Waals surface area contributed by atoms with Gasteiger partial charge in [0.2, 0.25) is 0 Å². The summed E-state index contributed by atoms with van der Waals surface area (Å²) >= 11 is 0. The van der Waals surface area contributed by atoms with Gasteiger partial charge in [-0.2, -0.15) is 0 Å². The number of rotatable bonds is 5. The molecule has 0 radical (unpaired) electrons. The Morgan fingerprint density at radius 3 is 3.00 bits per heavy atom. The summed E-state index contributed by atoms with van der Waals surface area (Å²) in [4.78, 5) is 21.9. The van der Waals surface area contributed by atoms with Crippen molar-refractivity contribution >= 4 is 6.03 Å². The van der Waals surface area contributed by atoms with E-state index in [1.807, 2.05) is 41.4 Å². The number of aromatic nitrogens is 3. The van der Waals surface area contributed by atoms with Crippen molar-refractivity contribution in [2.45, 2.75) is 25.3 Å². The van der Waals surface area contributed by atoms with Gasteiger partial charge in [0, 0.05) is 43.0 Å².